The average Bonchev–Trinajstić information content (AvgIpc) is 3.41. The third-order valence-electron chi connectivity index (χ3n) is 14.5. The van der Waals surface area contributed by atoms with Gasteiger partial charge in [0.2, 0.25) is 0 Å². The number of hydrogen-bond acceptors (Lipinski definition) is 7. The lowest BCUT2D eigenvalue weighted by molar-refractivity contribution is -0.870. The molecule has 0 amide bonds. The predicted octanol–water partition coefficient (Wildman–Crippen LogP) is 21.2. The molecule has 0 fully saturated rings. The van der Waals surface area contributed by atoms with Gasteiger partial charge in [-0.3, -0.25) is 18.6 Å². The first kappa shape index (κ1) is 76.5. The van der Waals surface area contributed by atoms with E-state index in [1.165, 1.54) is 193 Å². The standard InChI is InChI=1S/C69H126NO8P/c1-6-8-10-12-14-16-18-20-22-24-26-27-28-29-30-31-32-33-34-35-36-37-38-39-40-41-42-43-44-46-48-50-52-54-56-58-60-62-69(72)78-67(66-77-79(73,74)76-64-63-70(3,4)5)65-75-68(71)61-59-57-55-53-51-49-47-45-25-23-21-19-17-15-13-11-9-7-2/h8,10,14,16-17,19-20,22-23,25-27,67H,6-7,9,11-13,15,18,21,24,28-66H2,1-5H3/p+1/b10-8-,16-14-,19-17-,22-20-,25-23-,27-26-. The Hall–Kier alpha value is -2.55. The van der Waals surface area contributed by atoms with Crippen LogP contribution in [0.5, 0.6) is 0 Å². The predicted molar refractivity (Wildman–Crippen MR) is 339 cm³/mol. The summed E-state index contributed by atoms with van der Waals surface area (Å²) in [6, 6.07) is 0. The molecule has 0 radical (unpaired) electrons. The number of likely N-dealkylation sites (N-methyl/N-ethyl adjacent to an activating group) is 1. The molecule has 0 rings (SSSR count). The Balaban J connectivity index is 3.96. The van der Waals surface area contributed by atoms with Crippen molar-refractivity contribution in [1.82, 2.24) is 0 Å². The van der Waals surface area contributed by atoms with Crippen molar-refractivity contribution in [1.29, 1.82) is 0 Å². The number of phosphoric acid groups is 1. The van der Waals surface area contributed by atoms with Crippen LogP contribution in [0.2, 0.25) is 0 Å². The molecule has 79 heavy (non-hydrogen) atoms. The number of ether oxygens (including phenoxy) is 2. The van der Waals surface area contributed by atoms with Gasteiger partial charge in [0.1, 0.15) is 19.8 Å². The minimum atomic E-state index is -4.39. The molecule has 0 aromatic rings. The van der Waals surface area contributed by atoms with Crippen molar-refractivity contribution in [3.63, 3.8) is 0 Å². The van der Waals surface area contributed by atoms with E-state index in [0.29, 0.717) is 17.4 Å². The molecule has 2 atom stereocenters. The SMILES string of the molecule is CC/C=C\C/C=C\C/C=C\C/C=C\CCCCCCCCCCCCCCCCCCCCCCCCCCC(=O)OC(COC(=O)CCCCCCCCC/C=C\C/C=C\CCCCCC)COP(=O)(O)OCC[N+](C)(C)C. The van der Waals surface area contributed by atoms with E-state index >= 15 is 0 Å². The summed E-state index contributed by atoms with van der Waals surface area (Å²) in [6.45, 7) is 4.33. The molecule has 0 bridgehead atoms. The fourth-order valence-corrected chi connectivity index (χ4v) is 10.1. The number of esters is 2. The number of phosphoric ester groups is 1. The number of carbonyl (C=O) groups excluding carboxylic acids is 2. The van der Waals surface area contributed by atoms with Gasteiger partial charge in [-0.05, 0) is 83.5 Å². The van der Waals surface area contributed by atoms with Crippen molar-refractivity contribution < 1.29 is 42.1 Å². The summed E-state index contributed by atoms with van der Waals surface area (Å²) in [4.78, 5) is 35.8. The first-order valence-electron chi connectivity index (χ1n) is 33.2. The quantitative estimate of drug-likeness (QED) is 0.0211. The van der Waals surface area contributed by atoms with Gasteiger partial charge in [-0.25, -0.2) is 4.57 Å². The molecule has 9 nitrogen and oxygen atoms in total. The summed E-state index contributed by atoms with van der Waals surface area (Å²) in [5.41, 5.74) is 0. The molecular weight excluding hydrogens is 1000 g/mol. The lowest BCUT2D eigenvalue weighted by Gasteiger charge is -2.24. The third-order valence-corrected chi connectivity index (χ3v) is 15.5. The van der Waals surface area contributed by atoms with Gasteiger partial charge in [-0.15, -0.1) is 0 Å². The van der Waals surface area contributed by atoms with E-state index in [4.69, 9.17) is 18.5 Å². The Bertz CT molecular complexity index is 1560. The topological polar surface area (TPSA) is 108 Å². The van der Waals surface area contributed by atoms with Gasteiger partial charge >= 0.3 is 19.8 Å². The van der Waals surface area contributed by atoms with E-state index in [1.54, 1.807) is 0 Å². The van der Waals surface area contributed by atoms with Gasteiger partial charge in [-0.2, -0.15) is 0 Å². The smallest absolute Gasteiger partial charge is 0.462 e. The second kappa shape index (κ2) is 60.1. The van der Waals surface area contributed by atoms with Crippen LogP contribution in [0, 0.1) is 0 Å². The van der Waals surface area contributed by atoms with E-state index in [1.807, 2.05) is 21.1 Å². The van der Waals surface area contributed by atoms with E-state index in [-0.39, 0.29) is 32.0 Å². The third kappa shape index (κ3) is 64.5. The molecule has 0 aliphatic carbocycles. The maximum absolute atomic E-state index is 12.9. The summed E-state index contributed by atoms with van der Waals surface area (Å²) >= 11 is 0. The Morgan fingerprint density at radius 2 is 0.722 bits per heavy atom. The monoisotopic (exact) mass is 1130 g/mol. The minimum absolute atomic E-state index is 0.0304. The van der Waals surface area contributed by atoms with Crippen LogP contribution < -0.4 is 0 Å². The molecule has 0 aromatic heterocycles. The lowest BCUT2D eigenvalue weighted by Crippen LogP contribution is -2.37. The van der Waals surface area contributed by atoms with Crippen molar-refractivity contribution in [2.45, 2.75) is 309 Å². The number of carbonyl (C=O) groups is 2. The number of unbranched alkanes of at least 4 members (excludes halogenated alkanes) is 35. The van der Waals surface area contributed by atoms with Crippen molar-refractivity contribution in [2.24, 2.45) is 0 Å². The molecule has 1 N–H and O–H groups in total. The minimum Gasteiger partial charge on any atom is -0.462 e. The first-order chi connectivity index (χ1) is 38.5. The number of allylic oxidation sites excluding steroid dienone is 12. The largest absolute Gasteiger partial charge is 0.472 e. The normalized spacial score (nSPS) is 13.6. The molecule has 0 aromatic carbocycles. The summed E-state index contributed by atoms with van der Waals surface area (Å²) in [5, 5.41) is 0. The molecule has 2 unspecified atom stereocenters. The van der Waals surface area contributed by atoms with Crippen LogP contribution in [0.4, 0.5) is 0 Å². The molecule has 10 heteroatoms. The van der Waals surface area contributed by atoms with E-state index in [0.717, 1.165) is 77.0 Å². The van der Waals surface area contributed by atoms with E-state index in [2.05, 4.69) is 86.8 Å². The van der Waals surface area contributed by atoms with Crippen LogP contribution in [-0.2, 0) is 32.7 Å². The molecule has 0 aliphatic rings. The van der Waals surface area contributed by atoms with Crippen molar-refractivity contribution >= 4 is 19.8 Å². The summed E-state index contributed by atoms with van der Waals surface area (Å²) in [5.74, 6) is -0.795. The highest BCUT2D eigenvalue weighted by atomic mass is 31.2. The number of quaternary nitrogens is 1. The summed E-state index contributed by atoms with van der Waals surface area (Å²) in [6.07, 6.45) is 80.1. The molecule has 0 saturated carbocycles. The lowest BCUT2D eigenvalue weighted by atomic mass is 10.0. The van der Waals surface area contributed by atoms with Crippen LogP contribution in [0.15, 0.2) is 72.9 Å². The maximum Gasteiger partial charge on any atom is 0.472 e. The second-order valence-corrected chi connectivity index (χ2v) is 24.9. The fourth-order valence-electron chi connectivity index (χ4n) is 9.39. The summed E-state index contributed by atoms with van der Waals surface area (Å²) in [7, 11) is 1.48. The molecular formula is C69H127NO8P+. The molecule has 0 spiro atoms. The van der Waals surface area contributed by atoms with Gasteiger partial charge in [0.15, 0.2) is 6.10 Å². The van der Waals surface area contributed by atoms with Crippen LogP contribution in [0.1, 0.15) is 303 Å². The van der Waals surface area contributed by atoms with Crippen LogP contribution in [-0.4, -0.2) is 74.9 Å². The fraction of sp³-hybridized carbons (Fsp3) is 0.797. The van der Waals surface area contributed by atoms with Crippen LogP contribution in [0.3, 0.4) is 0 Å². The van der Waals surface area contributed by atoms with Crippen molar-refractivity contribution in [3.05, 3.63) is 72.9 Å². The first-order valence-corrected chi connectivity index (χ1v) is 34.7. The summed E-state index contributed by atoms with van der Waals surface area (Å²) < 4.78 is 34.6. The highest BCUT2D eigenvalue weighted by Gasteiger charge is 2.27. The number of rotatable bonds is 61. The Kier molecular flexibility index (Phi) is 58.1. The number of nitrogens with zero attached hydrogens (tertiary/aromatic N) is 1. The zero-order chi connectivity index (χ0) is 57.7. The van der Waals surface area contributed by atoms with Crippen LogP contribution >= 0.6 is 7.82 Å². The molecule has 0 saturated heterocycles. The van der Waals surface area contributed by atoms with Gasteiger partial charge in [0, 0.05) is 12.8 Å². The van der Waals surface area contributed by atoms with Gasteiger partial charge in [0.05, 0.1) is 27.7 Å². The van der Waals surface area contributed by atoms with E-state index < -0.39 is 26.5 Å². The van der Waals surface area contributed by atoms with E-state index in [9.17, 15) is 19.0 Å². The van der Waals surface area contributed by atoms with Crippen molar-refractivity contribution in [3.8, 4) is 0 Å². The van der Waals surface area contributed by atoms with Crippen molar-refractivity contribution in [2.75, 3.05) is 47.5 Å². The van der Waals surface area contributed by atoms with Crippen LogP contribution in [0.25, 0.3) is 0 Å². The van der Waals surface area contributed by atoms with Gasteiger partial charge in [0.25, 0.3) is 0 Å². The Morgan fingerprint density at radius 3 is 1.08 bits per heavy atom. The zero-order valence-corrected chi connectivity index (χ0v) is 53.2. The Labute approximate surface area is 489 Å². The second-order valence-electron chi connectivity index (χ2n) is 23.5. The van der Waals surface area contributed by atoms with Gasteiger partial charge in [-0.1, -0.05) is 279 Å². The molecule has 0 aliphatic heterocycles. The highest BCUT2D eigenvalue weighted by Crippen LogP contribution is 2.43. The highest BCUT2D eigenvalue weighted by molar-refractivity contribution is 7.47. The number of hydrogen-bond donors (Lipinski definition) is 1. The average molecular weight is 1130 g/mol. The molecule has 460 valence electrons. The Morgan fingerprint density at radius 1 is 0.405 bits per heavy atom. The molecule has 0 heterocycles. The zero-order valence-electron chi connectivity index (χ0n) is 52.4. The maximum atomic E-state index is 12.9. The van der Waals surface area contributed by atoms with Gasteiger partial charge < -0.3 is 18.9 Å².